The van der Waals surface area contributed by atoms with E-state index in [9.17, 15) is 50.7 Å². The van der Waals surface area contributed by atoms with Crippen LogP contribution >= 0.6 is 0 Å². The topological polar surface area (TPSA) is 164 Å². The van der Waals surface area contributed by atoms with E-state index in [0.717, 1.165) is 31.8 Å². The molecule has 0 radical (unpaired) electrons. The number of hydrogen-bond acceptors (Lipinski definition) is 8. The van der Waals surface area contributed by atoms with Crippen molar-refractivity contribution in [3.8, 4) is 5.75 Å². The predicted octanol–water partition coefficient (Wildman–Crippen LogP) is 6.27. The number of imide groups is 2. The average molecular weight is 734 g/mol. The van der Waals surface area contributed by atoms with E-state index in [0.29, 0.717) is 16.9 Å². The molecule has 16 heteroatoms. The van der Waals surface area contributed by atoms with Crippen LogP contribution in [-0.4, -0.2) is 68.6 Å². The Bertz CT molecular complexity index is 1460. The maximum atomic E-state index is 13.6. The fraction of sp³-hybridized carbons (Fsp3) is 0.543. The van der Waals surface area contributed by atoms with Gasteiger partial charge in [-0.3, -0.25) is 33.8 Å². The summed E-state index contributed by atoms with van der Waals surface area (Å²) in [6.45, 7) is 14.7. The van der Waals surface area contributed by atoms with Gasteiger partial charge in [-0.25, -0.2) is 18.0 Å². The first-order chi connectivity index (χ1) is 23.8. The largest absolute Gasteiger partial charge is 0.480 e. The molecule has 0 saturated carbocycles. The monoisotopic (exact) mass is 733 g/mol. The first-order valence-electron chi connectivity index (χ1n) is 16.7. The van der Waals surface area contributed by atoms with Crippen LogP contribution in [0.1, 0.15) is 107 Å². The first kappa shape index (κ1) is 46.5. The van der Waals surface area contributed by atoms with Crippen LogP contribution in [0.4, 0.5) is 22.0 Å². The van der Waals surface area contributed by atoms with Crippen LogP contribution in [0.2, 0.25) is 0 Å². The van der Waals surface area contributed by atoms with Crippen molar-refractivity contribution in [3.63, 3.8) is 0 Å². The van der Waals surface area contributed by atoms with Crippen molar-refractivity contribution in [2.24, 2.45) is 5.73 Å². The molecule has 3 N–H and O–H groups in total. The number of halogens is 5. The normalized spacial score (nSPS) is 14.9. The van der Waals surface area contributed by atoms with E-state index in [1.54, 1.807) is 20.8 Å². The van der Waals surface area contributed by atoms with Crippen molar-refractivity contribution in [3.05, 3.63) is 52.4 Å². The number of ether oxygens (including phenoxy) is 1. The molecule has 2 aliphatic rings. The lowest BCUT2D eigenvalue weighted by molar-refractivity contribution is -0.152. The third-order valence-electron chi connectivity index (χ3n) is 7.15. The molecule has 0 aromatic heterocycles. The van der Waals surface area contributed by atoms with Gasteiger partial charge in [0.2, 0.25) is 34.8 Å². The number of esters is 1. The Morgan fingerprint density at radius 1 is 0.706 bits per heavy atom. The Morgan fingerprint density at radius 2 is 1.08 bits per heavy atom. The second-order valence-electron chi connectivity index (χ2n) is 11.6. The quantitative estimate of drug-likeness (QED) is 0.0630. The highest BCUT2D eigenvalue weighted by Gasteiger charge is 2.40. The van der Waals surface area contributed by atoms with Crippen LogP contribution < -0.4 is 10.5 Å². The van der Waals surface area contributed by atoms with Crippen LogP contribution in [0.15, 0.2) is 23.3 Å². The Hall–Kier alpha value is -4.47. The molecule has 2 atom stereocenters. The number of carbonyl (C=O) groups excluding carboxylic acids is 5. The summed E-state index contributed by atoms with van der Waals surface area (Å²) in [5.74, 6) is -17.8. The summed E-state index contributed by atoms with van der Waals surface area (Å²) >= 11 is 0. The molecule has 1 aromatic rings. The summed E-state index contributed by atoms with van der Waals surface area (Å²) in [6, 6.07) is -2.17. The van der Waals surface area contributed by atoms with E-state index in [1.165, 1.54) is 24.3 Å². The zero-order valence-electron chi connectivity index (χ0n) is 30.2. The molecule has 51 heavy (non-hydrogen) atoms. The van der Waals surface area contributed by atoms with E-state index >= 15 is 0 Å². The number of carboxylic acids is 1. The highest BCUT2D eigenvalue weighted by atomic mass is 19.2. The smallest absolute Gasteiger partial charge is 0.334 e. The minimum Gasteiger partial charge on any atom is -0.480 e. The van der Waals surface area contributed by atoms with Gasteiger partial charge in [0.05, 0.1) is 0 Å². The van der Waals surface area contributed by atoms with Crippen LogP contribution in [0.5, 0.6) is 5.75 Å². The standard InChI is InChI=1S/C16H12F5NO4.C12H19NO2.C4H9NO2.C3H8/c1-3-4-7(22-8(23)5-6(2)15(22)24)16(25)26-14-12(20)10(18)9(17)11(19)13(14)21;1-4-6-10(7-5-2)13-11(14)8-9(3)12(13)15;1-2-3(5)4(6)7;1-3-2/h5,7H,3-4H2,1-2H3;8,10H,4-7H2,1-3H3;3H,2,5H2,1H3,(H,6,7);3H2,1-2H3. The average Bonchev–Trinajstić information content (AvgIpc) is 3.49. The number of amides is 4. The molecule has 2 unspecified atom stereocenters. The van der Waals surface area contributed by atoms with Crippen LogP contribution in [0.25, 0.3) is 0 Å². The lowest BCUT2D eigenvalue weighted by atomic mass is 10.1. The molecule has 0 fully saturated rings. The van der Waals surface area contributed by atoms with Gasteiger partial charge >= 0.3 is 11.9 Å². The maximum absolute atomic E-state index is 13.6. The van der Waals surface area contributed by atoms with Crippen molar-refractivity contribution in [2.75, 3.05) is 0 Å². The van der Waals surface area contributed by atoms with Gasteiger partial charge in [-0.15, -0.1) is 0 Å². The van der Waals surface area contributed by atoms with Crippen LogP contribution in [0, 0.1) is 29.1 Å². The molecule has 4 amide bonds. The van der Waals surface area contributed by atoms with Gasteiger partial charge in [0.25, 0.3) is 23.6 Å². The summed E-state index contributed by atoms with van der Waals surface area (Å²) < 4.78 is 71.1. The fourth-order valence-corrected chi connectivity index (χ4v) is 4.57. The van der Waals surface area contributed by atoms with Crippen molar-refractivity contribution < 1.29 is 60.6 Å². The van der Waals surface area contributed by atoms with E-state index in [4.69, 9.17) is 10.8 Å². The molecule has 11 nitrogen and oxygen atoms in total. The molecule has 0 aliphatic carbocycles. The van der Waals surface area contributed by atoms with Gasteiger partial charge in [-0.1, -0.05) is 67.2 Å². The Balaban J connectivity index is 0.000000837. The molecule has 2 heterocycles. The second-order valence-corrected chi connectivity index (χ2v) is 11.6. The van der Waals surface area contributed by atoms with Crippen molar-refractivity contribution >= 4 is 35.6 Å². The summed E-state index contributed by atoms with van der Waals surface area (Å²) in [5.41, 5.74) is 5.61. The van der Waals surface area contributed by atoms with Gasteiger partial charge in [-0.05, 0) is 39.5 Å². The zero-order valence-corrected chi connectivity index (χ0v) is 30.2. The highest BCUT2D eigenvalue weighted by Crippen LogP contribution is 2.30. The summed E-state index contributed by atoms with van der Waals surface area (Å²) in [5, 5.41) is 8.06. The first-order valence-corrected chi connectivity index (χ1v) is 16.7. The number of nitrogens with two attached hydrogens (primary N) is 1. The molecule has 0 bridgehead atoms. The third kappa shape index (κ3) is 12.7. The fourth-order valence-electron chi connectivity index (χ4n) is 4.57. The summed E-state index contributed by atoms with van der Waals surface area (Å²) in [6.07, 6.45) is 8.09. The Morgan fingerprint density at radius 3 is 1.37 bits per heavy atom. The summed E-state index contributed by atoms with van der Waals surface area (Å²) in [7, 11) is 0. The highest BCUT2D eigenvalue weighted by molar-refractivity contribution is 6.17. The summed E-state index contributed by atoms with van der Waals surface area (Å²) in [4.78, 5) is 71.2. The molecule has 286 valence electrons. The molecule has 3 rings (SSSR count). The maximum Gasteiger partial charge on any atom is 0.334 e. The van der Waals surface area contributed by atoms with E-state index in [1.807, 2.05) is 0 Å². The van der Waals surface area contributed by atoms with Crippen molar-refractivity contribution in [1.82, 2.24) is 9.80 Å². The molecular weight excluding hydrogens is 685 g/mol. The number of rotatable bonds is 12. The van der Waals surface area contributed by atoms with E-state index in [2.05, 4.69) is 32.4 Å². The number of aliphatic carboxylic acids is 1. The lowest BCUT2D eigenvalue weighted by Gasteiger charge is -2.25. The predicted molar refractivity (Wildman–Crippen MR) is 177 cm³/mol. The van der Waals surface area contributed by atoms with Gasteiger partial charge in [0, 0.05) is 29.3 Å². The number of carboxylic acid groups (broad SMARTS) is 1. The number of hydrogen-bond donors (Lipinski definition) is 2. The Labute approximate surface area is 294 Å². The number of benzene rings is 1. The lowest BCUT2D eigenvalue weighted by Crippen LogP contribution is -2.47. The zero-order chi connectivity index (χ0) is 39.7. The van der Waals surface area contributed by atoms with Crippen LogP contribution in [-0.2, 0) is 28.8 Å². The van der Waals surface area contributed by atoms with Crippen molar-refractivity contribution in [2.45, 2.75) is 125 Å². The Kier molecular flexibility index (Phi) is 20.4. The molecule has 1 aromatic carbocycles. The van der Waals surface area contributed by atoms with Gasteiger partial charge in [0.15, 0.2) is 0 Å². The second kappa shape index (κ2) is 22.4. The van der Waals surface area contributed by atoms with Gasteiger partial charge < -0.3 is 15.6 Å². The van der Waals surface area contributed by atoms with Crippen molar-refractivity contribution in [1.29, 1.82) is 0 Å². The van der Waals surface area contributed by atoms with Gasteiger partial charge in [-0.2, -0.15) is 8.78 Å². The molecular formula is C35H48F5N3O8. The van der Waals surface area contributed by atoms with E-state index < -0.39 is 70.7 Å². The molecule has 0 saturated heterocycles. The van der Waals surface area contributed by atoms with E-state index in [-0.39, 0.29) is 36.3 Å². The third-order valence-corrected chi connectivity index (χ3v) is 7.15. The minimum atomic E-state index is -2.41. The molecule has 2 aliphatic heterocycles. The van der Waals surface area contributed by atoms with Gasteiger partial charge in [0.1, 0.15) is 12.1 Å². The SMILES string of the molecule is CCC.CCC(N)C(=O)O.CCCC(C(=O)Oc1c(F)c(F)c(F)c(F)c1F)N1C(=O)C=C(C)C1=O.CCCC(CCC)N1C(=O)C=C(C)C1=O. The number of carbonyl (C=O) groups is 6. The van der Waals surface area contributed by atoms with Crippen LogP contribution in [0.3, 0.4) is 0 Å². The molecule has 0 spiro atoms. The number of nitrogens with zero attached hydrogens (tertiary/aromatic N) is 2. The minimum absolute atomic E-state index is 0.0279.